The summed E-state index contributed by atoms with van der Waals surface area (Å²) in [5.41, 5.74) is 2.14. The van der Waals surface area contributed by atoms with Crippen molar-refractivity contribution < 1.29 is 4.42 Å². The van der Waals surface area contributed by atoms with Gasteiger partial charge in [0, 0.05) is 25.0 Å². The largest absolute Gasteiger partial charge is 0.419 e. The van der Waals surface area contributed by atoms with Gasteiger partial charge in [0.25, 0.3) is 0 Å². The van der Waals surface area contributed by atoms with Crippen LogP contribution in [0.25, 0.3) is 11.5 Å². The first-order chi connectivity index (χ1) is 10.1. The second kappa shape index (κ2) is 5.73. The third kappa shape index (κ3) is 3.00. The Hall–Kier alpha value is -2.08. The van der Waals surface area contributed by atoms with Gasteiger partial charge in [-0.2, -0.15) is 0 Å². The fourth-order valence-corrected chi connectivity index (χ4v) is 2.75. The summed E-state index contributed by atoms with van der Waals surface area (Å²) in [6, 6.07) is 8.04. The standard InChI is InChI=1S/C15H16N4OS/c1-10-4-6-12(7-5-10)14-18-17-13(20-14)11(2)21-15-16-8-9-19(15)3/h4-9,11H,1-3H3/t11-/m1/s1. The quantitative estimate of drug-likeness (QED) is 0.689. The van der Waals surface area contributed by atoms with Crippen molar-refractivity contribution in [2.75, 3.05) is 0 Å². The second-order valence-electron chi connectivity index (χ2n) is 4.89. The maximum Gasteiger partial charge on any atom is 0.247 e. The van der Waals surface area contributed by atoms with Crippen molar-refractivity contribution >= 4 is 11.8 Å². The molecule has 0 aliphatic carbocycles. The van der Waals surface area contributed by atoms with Gasteiger partial charge < -0.3 is 8.98 Å². The minimum Gasteiger partial charge on any atom is -0.419 e. The fourth-order valence-electron chi connectivity index (χ4n) is 1.89. The molecule has 0 saturated heterocycles. The first kappa shape index (κ1) is 13.9. The molecular weight excluding hydrogens is 284 g/mol. The van der Waals surface area contributed by atoms with Crippen molar-refractivity contribution in [1.29, 1.82) is 0 Å². The van der Waals surface area contributed by atoms with Crippen molar-refractivity contribution in [3.05, 3.63) is 48.1 Å². The van der Waals surface area contributed by atoms with Crippen LogP contribution in [0.15, 0.2) is 46.2 Å². The number of aromatic nitrogens is 4. The predicted octanol–water partition coefficient (Wildman–Crippen LogP) is 3.63. The summed E-state index contributed by atoms with van der Waals surface area (Å²) >= 11 is 1.60. The first-order valence-electron chi connectivity index (χ1n) is 6.68. The molecule has 2 heterocycles. The highest BCUT2D eigenvalue weighted by Crippen LogP contribution is 2.33. The molecule has 0 aliphatic heterocycles. The van der Waals surface area contributed by atoms with E-state index in [4.69, 9.17) is 4.42 Å². The van der Waals surface area contributed by atoms with Gasteiger partial charge in [-0.05, 0) is 26.0 Å². The number of imidazole rings is 1. The number of rotatable bonds is 4. The van der Waals surface area contributed by atoms with Gasteiger partial charge in [-0.1, -0.05) is 29.5 Å². The van der Waals surface area contributed by atoms with Crippen LogP contribution in [0.4, 0.5) is 0 Å². The van der Waals surface area contributed by atoms with Crippen LogP contribution in [0.3, 0.4) is 0 Å². The van der Waals surface area contributed by atoms with Gasteiger partial charge >= 0.3 is 0 Å². The smallest absolute Gasteiger partial charge is 0.247 e. The summed E-state index contributed by atoms with van der Waals surface area (Å²) in [6.07, 6.45) is 3.70. The van der Waals surface area contributed by atoms with Crippen molar-refractivity contribution in [2.45, 2.75) is 24.3 Å². The molecule has 0 saturated carbocycles. The van der Waals surface area contributed by atoms with E-state index in [1.54, 1.807) is 18.0 Å². The molecule has 0 N–H and O–H groups in total. The summed E-state index contributed by atoms with van der Waals surface area (Å²) in [5.74, 6) is 1.16. The molecule has 0 bridgehead atoms. The lowest BCUT2D eigenvalue weighted by atomic mass is 10.1. The van der Waals surface area contributed by atoms with Gasteiger partial charge in [0.2, 0.25) is 11.8 Å². The molecule has 5 nitrogen and oxygen atoms in total. The highest BCUT2D eigenvalue weighted by Gasteiger charge is 2.17. The van der Waals surface area contributed by atoms with Crippen LogP contribution in [0.2, 0.25) is 0 Å². The lowest BCUT2D eigenvalue weighted by Gasteiger charge is -2.05. The van der Waals surface area contributed by atoms with Crippen molar-refractivity contribution in [1.82, 2.24) is 19.7 Å². The summed E-state index contributed by atoms with van der Waals surface area (Å²) < 4.78 is 7.75. The van der Waals surface area contributed by atoms with E-state index in [1.165, 1.54) is 5.56 Å². The van der Waals surface area contributed by atoms with Crippen LogP contribution in [0, 0.1) is 6.92 Å². The Balaban J connectivity index is 1.78. The molecule has 6 heteroatoms. The topological polar surface area (TPSA) is 56.7 Å². The van der Waals surface area contributed by atoms with Crippen molar-refractivity contribution in [2.24, 2.45) is 7.05 Å². The van der Waals surface area contributed by atoms with E-state index in [-0.39, 0.29) is 5.25 Å². The normalized spacial score (nSPS) is 12.5. The molecule has 0 aliphatic rings. The summed E-state index contributed by atoms with van der Waals surface area (Å²) in [6.45, 7) is 4.08. The number of hydrogen-bond acceptors (Lipinski definition) is 5. The molecule has 2 aromatic heterocycles. The van der Waals surface area contributed by atoms with Crippen LogP contribution >= 0.6 is 11.8 Å². The number of hydrogen-bond donors (Lipinski definition) is 0. The Bertz CT molecular complexity index is 732. The lowest BCUT2D eigenvalue weighted by molar-refractivity contribution is 0.508. The van der Waals surface area contributed by atoms with E-state index in [1.807, 2.05) is 49.0 Å². The number of benzene rings is 1. The molecule has 0 fully saturated rings. The third-order valence-corrected chi connectivity index (χ3v) is 4.31. The van der Waals surface area contributed by atoms with Crippen molar-refractivity contribution in [3.63, 3.8) is 0 Å². The molecule has 3 rings (SSSR count). The van der Waals surface area contributed by atoms with E-state index in [2.05, 4.69) is 22.1 Å². The van der Waals surface area contributed by atoms with Crippen LogP contribution in [0.1, 0.15) is 23.6 Å². The summed E-state index contributed by atoms with van der Waals surface area (Å²) in [7, 11) is 1.97. The van der Waals surface area contributed by atoms with Gasteiger partial charge in [-0.25, -0.2) is 4.98 Å². The molecular formula is C15H16N4OS. The van der Waals surface area contributed by atoms with E-state index in [0.717, 1.165) is 10.7 Å². The van der Waals surface area contributed by atoms with Gasteiger partial charge in [-0.15, -0.1) is 10.2 Å². The lowest BCUT2D eigenvalue weighted by Crippen LogP contribution is -1.94. The number of nitrogens with zero attached hydrogens (tertiary/aromatic N) is 4. The predicted molar refractivity (Wildman–Crippen MR) is 82.0 cm³/mol. The minimum absolute atomic E-state index is 0.0535. The molecule has 3 aromatic rings. The Morgan fingerprint density at radius 2 is 1.95 bits per heavy atom. The molecule has 0 radical (unpaired) electrons. The number of thioether (sulfide) groups is 1. The zero-order chi connectivity index (χ0) is 14.8. The average Bonchev–Trinajstić information content (AvgIpc) is 3.10. The Morgan fingerprint density at radius 1 is 1.19 bits per heavy atom. The maximum atomic E-state index is 5.78. The zero-order valence-electron chi connectivity index (χ0n) is 12.1. The maximum absolute atomic E-state index is 5.78. The van der Waals surface area contributed by atoms with Gasteiger partial charge in [0.05, 0.1) is 5.25 Å². The Labute approximate surface area is 127 Å². The van der Waals surface area contributed by atoms with Crippen molar-refractivity contribution in [3.8, 4) is 11.5 Å². The molecule has 21 heavy (non-hydrogen) atoms. The molecule has 0 amide bonds. The summed E-state index contributed by atoms with van der Waals surface area (Å²) in [4.78, 5) is 4.29. The van der Waals surface area contributed by atoms with Gasteiger partial charge in [-0.3, -0.25) is 0 Å². The van der Waals surface area contributed by atoms with Crippen LogP contribution in [-0.2, 0) is 7.05 Å². The van der Waals surface area contributed by atoms with E-state index in [9.17, 15) is 0 Å². The number of aryl methyl sites for hydroxylation is 2. The minimum atomic E-state index is 0.0535. The van der Waals surface area contributed by atoms with Crippen LogP contribution in [-0.4, -0.2) is 19.7 Å². The average molecular weight is 300 g/mol. The van der Waals surface area contributed by atoms with Gasteiger partial charge in [0.15, 0.2) is 5.16 Å². The SMILES string of the molecule is Cc1ccc(-c2nnc([C@@H](C)Sc3nccn3C)o2)cc1. The molecule has 1 atom stereocenters. The van der Waals surface area contributed by atoms with E-state index >= 15 is 0 Å². The fraction of sp³-hybridized carbons (Fsp3) is 0.267. The van der Waals surface area contributed by atoms with Crippen LogP contribution < -0.4 is 0 Å². The van der Waals surface area contributed by atoms with E-state index in [0.29, 0.717) is 11.8 Å². The molecule has 0 spiro atoms. The monoisotopic (exact) mass is 300 g/mol. The summed E-state index contributed by atoms with van der Waals surface area (Å²) in [5, 5.41) is 9.26. The van der Waals surface area contributed by atoms with Gasteiger partial charge in [0.1, 0.15) is 0 Å². The Morgan fingerprint density at radius 3 is 2.62 bits per heavy atom. The Kier molecular flexibility index (Phi) is 3.79. The molecule has 0 unspecified atom stereocenters. The zero-order valence-corrected chi connectivity index (χ0v) is 13.0. The third-order valence-electron chi connectivity index (χ3n) is 3.15. The molecule has 108 valence electrons. The first-order valence-corrected chi connectivity index (χ1v) is 7.56. The highest BCUT2D eigenvalue weighted by molar-refractivity contribution is 7.99. The highest BCUT2D eigenvalue weighted by atomic mass is 32.2. The van der Waals surface area contributed by atoms with E-state index < -0.39 is 0 Å². The van der Waals surface area contributed by atoms with Crippen LogP contribution in [0.5, 0.6) is 0 Å². The second-order valence-corrected chi connectivity index (χ2v) is 6.20. The molecule has 1 aromatic carbocycles.